The minimum absolute atomic E-state index is 0.197. The summed E-state index contributed by atoms with van der Waals surface area (Å²) in [5.41, 5.74) is 2.04. The molecule has 3 aromatic rings. The van der Waals surface area contributed by atoms with Gasteiger partial charge in [0.2, 0.25) is 0 Å². The zero-order chi connectivity index (χ0) is 13.2. The fourth-order valence-corrected chi connectivity index (χ4v) is 2.18. The Balaban J connectivity index is 1.82. The highest BCUT2D eigenvalue weighted by atomic mass is 35.5. The normalized spacial score (nSPS) is 10.8. The zero-order valence-corrected chi connectivity index (χ0v) is 10.8. The Kier molecular flexibility index (Phi) is 3.05. The second-order valence-corrected chi connectivity index (χ2v) is 4.73. The third kappa shape index (κ3) is 2.51. The molecule has 0 atom stereocenters. The van der Waals surface area contributed by atoms with Crippen molar-refractivity contribution in [2.45, 2.75) is 6.61 Å². The van der Waals surface area contributed by atoms with Gasteiger partial charge >= 0.3 is 0 Å². The predicted molar refractivity (Wildman–Crippen MR) is 75.7 cm³/mol. The minimum atomic E-state index is 0.197. The van der Waals surface area contributed by atoms with Gasteiger partial charge in [-0.1, -0.05) is 23.7 Å². The highest BCUT2D eigenvalue weighted by Gasteiger charge is 2.05. The molecule has 96 valence electrons. The first-order valence-corrected chi connectivity index (χ1v) is 6.27. The summed E-state index contributed by atoms with van der Waals surface area (Å²) in [6, 6.07) is 12.5. The van der Waals surface area contributed by atoms with E-state index in [4.69, 9.17) is 16.3 Å². The summed E-state index contributed by atoms with van der Waals surface area (Å²) in [5, 5.41) is 11.2. The standard InChI is InChI=1S/C15H12ClNO2/c16-11-4-5-14-10(8-17-15(14)6-11)9-19-13-3-1-2-12(18)7-13/h1-8,17-18H,9H2. The molecule has 19 heavy (non-hydrogen) atoms. The average molecular weight is 274 g/mol. The molecule has 2 N–H and O–H groups in total. The van der Waals surface area contributed by atoms with Gasteiger partial charge in [-0.25, -0.2) is 0 Å². The Morgan fingerprint density at radius 3 is 2.89 bits per heavy atom. The maximum absolute atomic E-state index is 9.37. The minimum Gasteiger partial charge on any atom is -0.508 e. The molecule has 4 heteroatoms. The number of rotatable bonds is 3. The monoisotopic (exact) mass is 273 g/mol. The first-order valence-electron chi connectivity index (χ1n) is 5.90. The summed E-state index contributed by atoms with van der Waals surface area (Å²) in [5.74, 6) is 0.839. The number of benzene rings is 2. The Labute approximate surface area is 115 Å². The Morgan fingerprint density at radius 1 is 1.16 bits per heavy atom. The van der Waals surface area contributed by atoms with Gasteiger partial charge in [-0.05, 0) is 24.3 Å². The maximum atomic E-state index is 9.37. The second kappa shape index (κ2) is 4.86. The summed E-state index contributed by atoms with van der Waals surface area (Å²) in [6.45, 7) is 0.436. The van der Waals surface area contributed by atoms with E-state index < -0.39 is 0 Å². The van der Waals surface area contributed by atoms with Crippen molar-refractivity contribution in [3.63, 3.8) is 0 Å². The smallest absolute Gasteiger partial charge is 0.123 e. The Hall–Kier alpha value is -2.13. The highest BCUT2D eigenvalue weighted by molar-refractivity contribution is 6.31. The van der Waals surface area contributed by atoms with Gasteiger partial charge in [0.1, 0.15) is 18.1 Å². The molecule has 1 aromatic heterocycles. The number of hydrogen-bond donors (Lipinski definition) is 2. The number of phenols is 1. The number of H-pyrrole nitrogens is 1. The molecule has 0 aliphatic carbocycles. The molecule has 3 nitrogen and oxygen atoms in total. The molecule has 0 aliphatic rings. The van der Waals surface area contributed by atoms with Crippen LogP contribution in [-0.4, -0.2) is 10.1 Å². The zero-order valence-electron chi connectivity index (χ0n) is 10.1. The number of phenolic OH excluding ortho intramolecular Hbond substituents is 1. The van der Waals surface area contributed by atoms with Crippen LogP contribution in [0.2, 0.25) is 5.02 Å². The molecule has 0 radical (unpaired) electrons. The van der Waals surface area contributed by atoms with E-state index in [9.17, 15) is 5.11 Å². The molecular weight excluding hydrogens is 262 g/mol. The summed E-state index contributed by atoms with van der Waals surface area (Å²) >= 11 is 5.94. The van der Waals surface area contributed by atoms with Crippen molar-refractivity contribution in [1.82, 2.24) is 4.98 Å². The fraction of sp³-hybridized carbons (Fsp3) is 0.0667. The summed E-state index contributed by atoms with van der Waals surface area (Å²) in [6.07, 6.45) is 1.91. The van der Waals surface area contributed by atoms with Crippen molar-refractivity contribution in [3.05, 3.63) is 59.2 Å². The number of aromatic amines is 1. The van der Waals surface area contributed by atoms with Crippen LogP contribution in [0.3, 0.4) is 0 Å². The summed E-state index contributed by atoms with van der Waals surface area (Å²) in [7, 11) is 0. The first kappa shape index (κ1) is 11.9. The first-order chi connectivity index (χ1) is 9.22. The topological polar surface area (TPSA) is 45.2 Å². The predicted octanol–water partition coefficient (Wildman–Crippen LogP) is 4.11. The van der Waals surface area contributed by atoms with E-state index >= 15 is 0 Å². The van der Waals surface area contributed by atoms with Gasteiger partial charge < -0.3 is 14.8 Å². The fourth-order valence-electron chi connectivity index (χ4n) is 2.01. The lowest BCUT2D eigenvalue weighted by Gasteiger charge is -2.05. The van der Waals surface area contributed by atoms with Gasteiger partial charge in [0, 0.05) is 33.8 Å². The third-order valence-electron chi connectivity index (χ3n) is 2.94. The van der Waals surface area contributed by atoms with Crippen LogP contribution in [0.25, 0.3) is 10.9 Å². The number of aromatic hydroxyl groups is 1. The Bertz CT molecular complexity index is 721. The molecule has 0 amide bonds. The molecule has 1 heterocycles. The molecule has 0 aliphatic heterocycles. The molecule has 0 bridgehead atoms. The molecule has 3 rings (SSSR count). The van der Waals surface area contributed by atoms with Crippen LogP contribution < -0.4 is 4.74 Å². The van der Waals surface area contributed by atoms with Gasteiger partial charge in [0.15, 0.2) is 0 Å². The van der Waals surface area contributed by atoms with Gasteiger partial charge in [-0.2, -0.15) is 0 Å². The van der Waals surface area contributed by atoms with Crippen molar-refractivity contribution < 1.29 is 9.84 Å². The third-order valence-corrected chi connectivity index (χ3v) is 3.18. The number of hydrogen-bond acceptors (Lipinski definition) is 2. The highest BCUT2D eigenvalue weighted by Crippen LogP contribution is 2.24. The molecule has 0 saturated heterocycles. The SMILES string of the molecule is Oc1cccc(OCc2c[nH]c3cc(Cl)ccc23)c1. The number of halogens is 1. The summed E-state index contributed by atoms with van der Waals surface area (Å²) in [4.78, 5) is 3.16. The van der Waals surface area contributed by atoms with Gasteiger partial charge in [0.05, 0.1) is 0 Å². The van der Waals surface area contributed by atoms with E-state index in [2.05, 4.69) is 4.98 Å². The van der Waals surface area contributed by atoms with E-state index in [0.29, 0.717) is 17.4 Å². The lowest BCUT2D eigenvalue weighted by molar-refractivity contribution is 0.306. The van der Waals surface area contributed by atoms with E-state index in [-0.39, 0.29) is 5.75 Å². The molecular formula is C15H12ClNO2. The lowest BCUT2D eigenvalue weighted by atomic mass is 10.2. The van der Waals surface area contributed by atoms with Crippen LogP contribution in [0, 0.1) is 0 Å². The number of ether oxygens (including phenoxy) is 1. The summed E-state index contributed by atoms with van der Waals surface area (Å²) < 4.78 is 5.66. The van der Waals surface area contributed by atoms with Crippen molar-refractivity contribution in [3.8, 4) is 11.5 Å². The van der Waals surface area contributed by atoms with Crippen molar-refractivity contribution >= 4 is 22.5 Å². The maximum Gasteiger partial charge on any atom is 0.123 e. The Morgan fingerprint density at radius 2 is 2.05 bits per heavy atom. The lowest BCUT2D eigenvalue weighted by Crippen LogP contribution is -1.93. The second-order valence-electron chi connectivity index (χ2n) is 4.29. The molecule has 0 saturated carbocycles. The number of fused-ring (bicyclic) bond motifs is 1. The number of nitrogens with one attached hydrogen (secondary N) is 1. The van der Waals surface area contributed by atoms with E-state index in [1.807, 2.05) is 30.5 Å². The van der Waals surface area contributed by atoms with Gasteiger partial charge in [0.25, 0.3) is 0 Å². The molecule has 2 aromatic carbocycles. The molecule has 0 spiro atoms. The van der Waals surface area contributed by atoms with Crippen LogP contribution >= 0.6 is 11.6 Å². The van der Waals surface area contributed by atoms with E-state index in [1.54, 1.807) is 18.2 Å². The van der Waals surface area contributed by atoms with Crippen LogP contribution in [0.1, 0.15) is 5.56 Å². The van der Waals surface area contributed by atoms with Gasteiger partial charge in [-0.3, -0.25) is 0 Å². The van der Waals surface area contributed by atoms with Crippen LogP contribution in [-0.2, 0) is 6.61 Å². The van der Waals surface area contributed by atoms with E-state index in [1.165, 1.54) is 0 Å². The quantitative estimate of drug-likeness (QED) is 0.754. The van der Waals surface area contributed by atoms with Crippen molar-refractivity contribution in [2.75, 3.05) is 0 Å². The van der Waals surface area contributed by atoms with Crippen LogP contribution in [0.5, 0.6) is 11.5 Å². The van der Waals surface area contributed by atoms with Crippen LogP contribution in [0.15, 0.2) is 48.7 Å². The number of aromatic nitrogens is 1. The molecule has 0 fully saturated rings. The van der Waals surface area contributed by atoms with Crippen LogP contribution in [0.4, 0.5) is 0 Å². The average Bonchev–Trinajstić information content (AvgIpc) is 2.78. The van der Waals surface area contributed by atoms with Crippen molar-refractivity contribution in [2.24, 2.45) is 0 Å². The van der Waals surface area contributed by atoms with Gasteiger partial charge in [-0.15, -0.1) is 0 Å². The molecule has 0 unspecified atom stereocenters. The van der Waals surface area contributed by atoms with E-state index in [0.717, 1.165) is 16.5 Å². The van der Waals surface area contributed by atoms with Crippen molar-refractivity contribution in [1.29, 1.82) is 0 Å². The largest absolute Gasteiger partial charge is 0.508 e.